The van der Waals surface area contributed by atoms with E-state index in [1.807, 2.05) is 17.5 Å². The summed E-state index contributed by atoms with van der Waals surface area (Å²) in [6.45, 7) is 1.94. The number of esters is 1. The summed E-state index contributed by atoms with van der Waals surface area (Å²) in [6.07, 6.45) is 0. The summed E-state index contributed by atoms with van der Waals surface area (Å²) in [4.78, 5) is 28.8. The van der Waals surface area contributed by atoms with Crippen LogP contribution in [0.1, 0.15) is 27.0 Å². The Hall–Kier alpha value is -3.20. The normalized spacial score (nSPS) is 10.4. The molecular weight excluding hydrogens is 370 g/mol. The third-order valence-electron chi connectivity index (χ3n) is 3.40. The van der Waals surface area contributed by atoms with Crippen LogP contribution in [-0.4, -0.2) is 28.6 Å². The second-order valence-corrected chi connectivity index (χ2v) is 6.51. The van der Waals surface area contributed by atoms with Gasteiger partial charge in [-0.15, -0.1) is 11.3 Å². The predicted octanol–water partition coefficient (Wildman–Crippen LogP) is 2.49. The SMILES string of the molecule is Cc1nc(COc2ccc(C(=O)OCC(=O)NCc3cccs3)cc2)no1. The van der Waals surface area contributed by atoms with E-state index in [2.05, 4.69) is 15.5 Å². The third-order valence-corrected chi connectivity index (χ3v) is 4.28. The average molecular weight is 387 g/mol. The smallest absolute Gasteiger partial charge is 0.338 e. The lowest BCUT2D eigenvalue weighted by Crippen LogP contribution is -2.28. The zero-order valence-electron chi connectivity index (χ0n) is 14.5. The molecule has 140 valence electrons. The lowest BCUT2D eigenvalue weighted by molar-refractivity contribution is -0.124. The van der Waals surface area contributed by atoms with Crippen molar-refractivity contribution in [3.8, 4) is 5.75 Å². The Morgan fingerprint density at radius 2 is 2.04 bits per heavy atom. The van der Waals surface area contributed by atoms with Gasteiger partial charge in [0.25, 0.3) is 5.91 Å². The van der Waals surface area contributed by atoms with Crippen LogP contribution in [0.3, 0.4) is 0 Å². The number of nitrogens with zero attached hydrogens (tertiary/aromatic N) is 2. The van der Waals surface area contributed by atoms with E-state index in [9.17, 15) is 9.59 Å². The van der Waals surface area contributed by atoms with Crippen LogP contribution in [0.5, 0.6) is 5.75 Å². The molecule has 0 radical (unpaired) electrons. The number of hydrogen-bond acceptors (Lipinski definition) is 8. The molecule has 2 heterocycles. The number of carbonyl (C=O) groups excluding carboxylic acids is 2. The van der Waals surface area contributed by atoms with Crippen LogP contribution in [0.15, 0.2) is 46.3 Å². The number of hydrogen-bond donors (Lipinski definition) is 1. The molecule has 0 aliphatic carbocycles. The summed E-state index contributed by atoms with van der Waals surface area (Å²) in [6, 6.07) is 10.2. The van der Waals surface area contributed by atoms with E-state index in [1.165, 1.54) is 0 Å². The van der Waals surface area contributed by atoms with Gasteiger partial charge < -0.3 is 19.3 Å². The number of amides is 1. The number of benzene rings is 1. The molecule has 9 heteroatoms. The van der Waals surface area contributed by atoms with E-state index in [1.54, 1.807) is 42.5 Å². The highest BCUT2D eigenvalue weighted by molar-refractivity contribution is 7.09. The van der Waals surface area contributed by atoms with E-state index < -0.39 is 5.97 Å². The lowest BCUT2D eigenvalue weighted by Gasteiger charge is -2.07. The van der Waals surface area contributed by atoms with Crippen molar-refractivity contribution in [2.75, 3.05) is 6.61 Å². The first kappa shape index (κ1) is 18.6. The fourth-order valence-electron chi connectivity index (χ4n) is 2.10. The number of ether oxygens (including phenoxy) is 2. The fourth-order valence-corrected chi connectivity index (χ4v) is 2.74. The van der Waals surface area contributed by atoms with Crippen molar-refractivity contribution < 1.29 is 23.6 Å². The molecule has 8 nitrogen and oxygen atoms in total. The zero-order chi connectivity index (χ0) is 19.1. The van der Waals surface area contributed by atoms with Gasteiger partial charge in [0.1, 0.15) is 5.75 Å². The van der Waals surface area contributed by atoms with Gasteiger partial charge in [-0.05, 0) is 35.7 Å². The Labute approximate surface area is 159 Å². The molecular formula is C18H17N3O5S. The van der Waals surface area contributed by atoms with Crippen LogP contribution in [0.25, 0.3) is 0 Å². The number of nitrogens with one attached hydrogen (secondary N) is 1. The Bertz CT molecular complexity index is 890. The van der Waals surface area contributed by atoms with Crippen molar-refractivity contribution >= 4 is 23.2 Å². The van der Waals surface area contributed by atoms with Crippen molar-refractivity contribution in [1.82, 2.24) is 15.5 Å². The number of carbonyl (C=O) groups is 2. The molecule has 0 spiro atoms. The third kappa shape index (κ3) is 5.65. The van der Waals surface area contributed by atoms with Crippen LogP contribution >= 0.6 is 11.3 Å². The van der Waals surface area contributed by atoms with E-state index >= 15 is 0 Å². The largest absolute Gasteiger partial charge is 0.485 e. The minimum Gasteiger partial charge on any atom is -0.485 e. The van der Waals surface area contributed by atoms with Crippen LogP contribution in [0, 0.1) is 6.92 Å². The van der Waals surface area contributed by atoms with Gasteiger partial charge in [0.05, 0.1) is 12.1 Å². The van der Waals surface area contributed by atoms with Gasteiger partial charge in [-0.1, -0.05) is 11.2 Å². The molecule has 1 amide bonds. The fraction of sp³-hybridized carbons (Fsp3) is 0.222. The Morgan fingerprint density at radius 3 is 2.70 bits per heavy atom. The average Bonchev–Trinajstić information content (AvgIpc) is 3.34. The standard InChI is InChI=1S/C18H17N3O5S/c1-12-20-16(21-26-12)10-24-14-6-4-13(5-7-14)18(23)25-11-17(22)19-9-15-3-2-8-27-15/h2-8H,9-11H2,1H3,(H,19,22). The maximum atomic E-state index is 12.0. The molecule has 1 aromatic carbocycles. The molecule has 3 rings (SSSR count). The van der Waals surface area contributed by atoms with Gasteiger partial charge >= 0.3 is 5.97 Å². The summed E-state index contributed by atoms with van der Waals surface area (Å²) in [5.74, 6) is 0.507. The van der Waals surface area contributed by atoms with Gasteiger partial charge in [0, 0.05) is 11.8 Å². The number of rotatable bonds is 8. The molecule has 0 aliphatic heterocycles. The van der Waals surface area contributed by atoms with Crippen LogP contribution < -0.4 is 10.1 Å². The summed E-state index contributed by atoms with van der Waals surface area (Å²) in [7, 11) is 0. The molecule has 0 saturated heterocycles. The molecule has 0 fully saturated rings. The highest BCUT2D eigenvalue weighted by Gasteiger charge is 2.11. The van der Waals surface area contributed by atoms with E-state index in [4.69, 9.17) is 14.0 Å². The van der Waals surface area contributed by atoms with Gasteiger partial charge in [-0.2, -0.15) is 4.98 Å². The van der Waals surface area contributed by atoms with Crippen molar-refractivity contribution in [3.05, 3.63) is 63.9 Å². The summed E-state index contributed by atoms with van der Waals surface area (Å²) >= 11 is 1.54. The second-order valence-electron chi connectivity index (χ2n) is 5.47. The zero-order valence-corrected chi connectivity index (χ0v) is 15.3. The molecule has 2 aromatic heterocycles. The molecule has 0 saturated carbocycles. The monoisotopic (exact) mass is 387 g/mol. The highest BCUT2D eigenvalue weighted by Crippen LogP contribution is 2.14. The molecule has 1 N–H and O–H groups in total. The Balaban J connectivity index is 1.42. The van der Waals surface area contributed by atoms with Crippen molar-refractivity contribution in [2.24, 2.45) is 0 Å². The molecule has 0 atom stereocenters. The molecule has 0 bridgehead atoms. The van der Waals surface area contributed by atoms with Crippen LogP contribution in [-0.2, 0) is 22.7 Å². The van der Waals surface area contributed by atoms with Gasteiger partial charge in [0.2, 0.25) is 11.7 Å². The van der Waals surface area contributed by atoms with E-state index in [-0.39, 0.29) is 19.1 Å². The van der Waals surface area contributed by atoms with Crippen molar-refractivity contribution in [3.63, 3.8) is 0 Å². The lowest BCUT2D eigenvalue weighted by atomic mass is 10.2. The Morgan fingerprint density at radius 1 is 1.22 bits per heavy atom. The van der Waals surface area contributed by atoms with Crippen LogP contribution in [0.2, 0.25) is 0 Å². The van der Waals surface area contributed by atoms with Crippen LogP contribution in [0.4, 0.5) is 0 Å². The minimum absolute atomic E-state index is 0.158. The molecule has 0 aliphatic rings. The first-order valence-corrected chi connectivity index (χ1v) is 8.96. The van der Waals surface area contributed by atoms with Gasteiger partial charge in [0.15, 0.2) is 13.2 Å². The maximum Gasteiger partial charge on any atom is 0.338 e. The topological polar surface area (TPSA) is 104 Å². The van der Waals surface area contributed by atoms with Gasteiger partial charge in [-0.3, -0.25) is 4.79 Å². The predicted molar refractivity (Wildman–Crippen MR) is 96.3 cm³/mol. The molecule has 3 aromatic rings. The van der Waals surface area contributed by atoms with E-state index in [0.29, 0.717) is 29.6 Å². The number of aryl methyl sites for hydroxylation is 1. The first-order valence-electron chi connectivity index (χ1n) is 8.08. The first-order chi connectivity index (χ1) is 13.1. The highest BCUT2D eigenvalue weighted by atomic mass is 32.1. The van der Waals surface area contributed by atoms with Crippen molar-refractivity contribution in [2.45, 2.75) is 20.1 Å². The minimum atomic E-state index is -0.582. The molecule has 0 unspecified atom stereocenters. The molecule has 27 heavy (non-hydrogen) atoms. The van der Waals surface area contributed by atoms with Gasteiger partial charge in [-0.25, -0.2) is 4.79 Å². The van der Waals surface area contributed by atoms with Crippen molar-refractivity contribution in [1.29, 1.82) is 0 Å². The quantitative estimate of drug-likeness (QED) is 0.592. The number of thiophene rings is 1. The summed E-state index contributed by atoms with van der Waals surface area (Å²) < 4.78 is 15.4. The summed E-state index contributed by atoms with van der Waals surface area (Å²) in [5, 5.41) is 8.34. The maximum absolute atomic E-state index is 12.0. The summed E-state index contributed by atoms with van der Waals surface area (Å²) in [5.41, 5.74) is 0.323. The second kappa shape index (κ2) is 8.95. The van der Waals surface area contributed by atoms with E-state index in [0.717, 1.165) is 4.88 Å². The number of aromatic nitrogens is 2. The Kier molecular flexibility index (Phi) is 6.16.